The van der Waals surface area contributed by atoms with Crippen molar-refractivity contribution in [3.05, 3.63) is 35.5 Å². The fourth-order valence-electron chi connectivity index (χ4n) is 3.92. The number of nitrogens with zero attached hydrogens (tertiary/aromatic N) is 3. The Balaban J connectivity index is 1.62. The number of likely N-dealkylation sites (tertiary alicyclic amines) is 1. The van der Waals surface area contributed by atoms with Crippen molar-refractivity contribution in [2.45, 2.75) is 26.4 Å². The van der Waals surface area contributed by atoms with E-state index in [0.717, 1.165) is 35.4 Å². The molecule has 0 saturated carbocycles. The lowest BCUT2D eigenvalue weighted by molar-refractivity contribution is -0.149. The molecule has 1 aromatic heterocycles. The van der Waals surface area contributed by atoms with Crippen LogP contribution in [0.5, 0.6) is 5.75 Å². The Bertz CT molecular complexity index is 889. The van der Waals surface area contributed by atoms with E-state index < -0.39 is 0 Å². The van der Waals surface area contributed by atoms with Gasteiger partial charge in [-0.2, -0.15) is 5.10 Å². The molecule has 0 spiro atoms. The number of hydrogen-bond donors (Lipinski definition) is 0. The van der Waals surface area contributed by atoms with Gasteiger partial charge in [-0.1, -0.05) is 12.1 Å². The molecule has 1 saturated heterocycles. The molecule has 1 fully saturated rings. The zero-order chi connectivity index (χ0) is 19.0. The summed E-state index contributed by atoms with van der Waals surface area (Å²) in [4.78, 5) is 27.0. The van der Waals surface area contributed by atoms with Gasteiger partial charge < -0.3 is 14.4 Å². The molecule has 27 heavy (non-hydrogen) atoms. The monoisotopic (exact) mass is 369 g/mol. The van der Waals surface area contributed by atoms with Gasteiger partial charge in [0.1, 0.15) is 12.4 Å². The fourth-order valence-corrected chi connectivity index (χ4v) is 3.92. The molecule has 3 heterocycles. The minimum atomic E-state index is -0.265. The van der Waals surface area contributed by atoms with Crippen molar-refractivity contribution < 1.29 is 19.1 Å². The number of aromatic nitrogens is 2. The lowest BCUT2D eigenvalue weighted by Crippen LogP contribution is -2.43. The van der Waals surface area contributed by atoms with Gasteiger partial charge in [-0.15, -0.1) is 0 Å². The van der Waals surface area contributed by atoms with Crippen LogP contribution in [0.15, 0.2) is 24.3 Å². The van der Waals surface area contributed by atoms with Crippen LogP contribution in [0, 0.1) is 5.92 Å². The molecule has 142 valence electrons. The van der Waals surface area contributed by atoms with E-state index in [9.17, 15) is 9.59 Å². The van der Waals surface area contributed by atoms with Crippen LogP contribution in [-0.4, -0.2) is 46.3 Å². The maximum atomic E-state index is 13.2. The van der Waals surface area contributed by atoms with Crippen LogP contribution in [0.25, 0.3) is 11.3 Å². The summed E-state index contributed by atoms with van der Waals surface area (Å²) in [6, 6.07) is 7.76. The predicted octanol–water partition coefficient (Wildman–Crippen LogP) is 2.39. The third kappa shape index (κ3) is 3.07. The maximum absolute atomic E-state index is 13.2. The van der Waals surface area contributed by atoms with E-state index in [1.807, 2.05) is 31.3 Å². The molecular weight excluding hydrogens is 346 g/mol. The number of para-hydroxylation sites is 1. The van der Waals surface area contributed by atoms with Gasteiger partial charge in [0.25, 0.3) is 5.91 Å². The molecule has 2 aromatic rings. The van der Waals surface area contributed by atoms with Crippen LogP contribution in [-0.2, 0) is 23.2 Å². The Hall–Kier alpha value is -2.83. The summed E-state index contributed by atoms with van der Waals surface area (Å²) in [6.45, 7) is 3.46. The topological polar surface area (TPSA) is 73.7 Å². The minimum Gasteiger partial charge on any atom is -0.488 e. The molecule has 2 aliphatic heterocycles. The number of esters is 1. The van der Waals surface area contributed by atoms with Crippen LogP contribution < -0.4 is 4.74 Å². The average molecular weight is 369 g/mol. The highest BCUT2D eigenvalue weighted by molar-refractivity contribution is 5.96. The van der Waals surface area contributed by atoms with Gasteiger partial charge in [0.15, 0.2) is 5.69 Å². The summed E-state index contributed by atoms with van der Waals surface area (Å²) in [5.41, 5.74) is 3.07. The largest absolute Gasteiger partial charge is 0.488 e. The lowest BCUT2D eigenvalue weighted by Gasteiger charge is -2.31. The zero-order valence-electron chi connectivity index (χ0n) is 15.6. The highest BCUT2D eigenvalue weighted by Crippen LogP contribution is 2.38. The van der Waals surface area contributed by atoms with Gasteiger partial charge in [0.2, 0.25) is 0 Å². The molecule has 0 radical (unpaired) electrons. The standard InChI is InChI=1S/C20H23N3O4/c1-3-26-20(25)13-7-6-10-23(11-13)19(24)17-15-12-27-16-9-5-4-8-14(16)18(15)22(2)21-17/h4-5,8-9,13H,3,6-7,10-12H2,1-2H3/t13-/m0/s1. The summed E-state index contributed by atoms with van der Waals surface area (Å²) in [7, 11) is 1.84. The number of carbonyl (C=O) groups is 2. The fraction of sp³-hybridized carbons (Fsp3) is 0.450. The normalized spacial score (nSPS) is 18.3. The third-order valence-electron chi connectivity index (χ3n) is 5.19. The van der Waals surface area contributed by atoms with Gasteiger partial charge in [-0.25, -0.2) is 0 Å². The molecule has 2 aliphatic rings. The third-order valence-corrected chi connectivity index (χ3v) is 5.19. The van der Waals surface area contributed by atoms with Crippen molar-refractivity contribution in [1.29, 1.82) is 0 Å². The lowest BCUT2D eigenvalue weighted by atomic mass is 9.97. The molecular formula is C20H23N3O4. The smallest absolute Gasteiger partial charge is 0.310 e. The number of carbonyl (C=O) groups excluding carboxylic acids is 2. The van der Waals surface area contributed by atoms with E-state index in [0.29, 0.717) is 32.0 Å². The van der Waals surface area contributed by atoms with Gasteiger partial charge in [0.05, 0.1) is 18.2 Å². The SMILES string of the molecule is CCOC(=O)[C@H]1CCCN(C(=O)c2nn(C)c3c2COc2ccccc2-3)C1. The number of fused-ring (bicyclic) bond motifs is 3. The molecule has 1 atom stereocenters. The molecule has 4 rings (SSSR count). The van der Waals surface area contributed by atoms with Crippen LogP contribution >= 0.6 is 0 Å². The Labute approximate surface area is 157 Å². The van der Waals surface area contributed by atoms with Gasteiger partial charge in [-0.05, 0) is 31.9 Å². The summed E-state index contributed by atoms with van der Waals surface area (Å²) in [5.74, 6) is 0.158. The zero-order valence-corrected chi connectivity index (χ0v) is 15.6. The van der Waals surface area contributed by atoms with Gasteiger partial charge >= 0.3 is 5.97 Å². The van der Waals surface area contributed by atoms with E-state index in [1.165, 1.54) is 0 Å². The summed E-state index contributed by atoms with van der Waals surface area (Å²) < 4.78 is 12.7. The van der Waals surface area contributed by atoms with Crippen molar-refractivity contribution in [2.24, 2.45) is 13.0 Å². The first-order valence-corrected chi connectivity index (χ1v) is 9.34. The number of amides is 1. The van der Waals surface area contributed by atoms with E-state index in [-0.39, 0.29) is 17.8 Å². The molecule has 7 heteroatoms. The first kappa shape index (κ1) is 17.6. The summed E-state index contributed by atoms with van der Waals surface area (Å²) >= 11 is 0. The van der Waals surface area contributed by atoms with E-state index >= 15 is 0 Å². The number of piperidine rings is 1. The van der Waals surface area contributed by atoms with Crippen LogP contribution in [0.3, 0.4) is 0 Å². The number of rotatable bonds is 3. The maximum Gasteiger partial charge on any atom is 0.310 e. The Morgan fingerprint density at radius 1 is 1.33 bits per heavy atom. The van der Waals surface area contributed by atoms with Crippen molar-refractivity contribution in [1.82, 2.24) is 14.7 Å². The Morgan fingerprint density at radius 3 is 2.96 bits per heavy atom. The van der Waals surface area contributed by atoms with Crippen LogP contribution in [0.2, 0.25) is 0 Å². The highest BCUT2D eigenvalue weighted by Gasteiger charge is 2.34. The average Bonchev–Trinajstić information content (AvgIpc) is 3.05. The second kappa shape index (κ2) is 7.06. The molecule has 0 unspecified atom stereocenters. The molecule has 0 aliphatic carbocycles. The second-order valence-corrected chi connectivity index (χ2v) is 6.93. The Morgan fingerprint density at radius 2 is 2.15 bits per heavy atom. The Kier molecular flexibility index (Phi) is 4.59. The molecule has 7 nitrogen and oxygen atoms in total. The van der Waals surface area contributed by atoms with Crippen molar-refractivity contribution >= 4 is 11.9 Å². The molecule has 1 aromatic carbocycles. The number of ether oxygens (including phenoxy) is 2. The first-order valence-electron chi connectivity index (χ1n) is 9.34. The highest BCUT2D eigenvalue weighted by atomic mass is 16.5. The predicted molar refractivity (Wildman–Crippen MR) is 98.2 cm³/mol. The summed E-state index contributed by atoms with van der Waals surface area (Å²) in [5, 5.41) is 4.50. The van der Waals surface area contributed by atoms with Crippen molar-refractivity contribution in [3.8, 4) is 17.0 Å². The quantitative estimate of drug-likeness (QED) is 0.777. The molecule has 0 bridgehead atoms. The minimum absolute atomic E-state index is 0.149. The van der Waals surface area contributed by atoms with E-state index in [4.69, 9.17) is 9.47 Å². The summed E-state index contributed by atoms with van der Waals surface area (Å²) in [6.07, 6.45) is 1.53. The van der Waals surface area contributed by atoms with Crippen LogP contribution in [0.1, 0.15) is 35.8 Å². The number of hydrogen-bond acceptors (Lipinski definition) is 5. The van der Waals surface area contributed by atoms with Crippen molar-refractivity contribution in [2.75, 3.05) is 19.7 Å². The number of aryl methyl sites for hydroxylation is 1. The molecule has 0 N–H and O–H groups in total. The number of benzene rings is 1. The molecule has 1 amide bonds. The van der Waals surface area contributed by atoms with Crippen molar-refractivity contribution in [3.63, 3.8) is 0 Å². The van der Waals surface area contributed by atoms with Gasteiger partial charge in [0, 0.05) is 31.3 Å². The van der Waals surface area contributed by atoms with E-state index in [2.05, 4.69) is 5.10 Å². The first-order chi connectivity index (χ1) is 13.1. The second-order valence-electron chi connectivity index (χ2n) is 6.93. The van der Waals surface area contributed by atoms with Gasteiger partial charge in [-0.3, -0.25) is 14.3 Å². The van der Waals surface area contributed by atoms with E-state index in [1.54, 1.807) is 16.5 Å². The van der Waals surface area contributed by atoms with Crippen LogP contribution in [0.4, 0.5) is 0 Å².